The van der Waals surface area contributed by atoms with Crippen molar-refractivity contribution in [3.05, 3.63) is 45.7 Å². The van der Waals surface area contributed by atoms with Gasteiger partial charge >= 0.3 is 24.1 Å². The van der Waals surface area contributed by atoms with Gasteiger partial charge in [-0.2, -0.15) is 5.01 Å². The minimum Gasteiger partial charge on any atom is -0.460 e. The SMILES string of the molecule is C=C(C)C(=O)OCCNC(=O)Oc1cc(C)c(OC(=O)NCCOC(=O)C(=C)C)c2c1S/C(=C1/COCN(CCCC)N(CCCC)C1=O)S2. The predicted octanol–water partition coefficient (Wildman–Crippen LogP) is 5.45. The number of amides is 3. The van der Waals surface area contributed by atoms with Crippen LogP contribution in [0, 0.1) is 6.92 Å². The first-order chi connectivity index (χ1) is 23.9. The van der Waals surface area contributed by atoms with Gasteiger partial charge in [0.05, 0.1) is 39.3 Å². The Hall–Kier alpha value is -3.99. The second-order valence-corrected chi connectivity index (χ2v) is 13.8. The fourth-order valence-electron chi connectivity index (χ4n) is 4.44. The number of hydrazine groups is 1. The molecule has 0 unspecified atom stereocenters. The Morgan fingerprint density at radius 2 is 1.44 bits per heavy atom. The third-order valence-corrected chi connectivity index (χ3v) is 9.79. The molecular weight excluding hydrogens is 689 g/mol. The van der Waals surface area contributed by atoms with Gasteiger partial charge in [-0.05, 0) is 45.2 Å². The molecule has 50 heavy (non-hydrogen) atoms. The summed E-state index contributed by atoms with van der Waals surface area (Å²) in [5, 5.41) is 8.79. The largest absolute Gasteiger partial charge is 0.460 e. The highest BCUT2D eigenvalue weighted by atomic mass is 32.2. The van der Waals surface area contributed by atoms with Crippen LogP contribution in [0.25, 0.3) is 0 Å². The van der Waals surface area contributed by atoms with Crippen molar-refractivity contribution in [2.75, 3.05) is 52.7 Å². The number of thioether (sulfide) groups is 2. The van der Waals surface area contributed by atoms with E-state index in [4.69, 9.17) is 23.7 Å². The molecule has 0 atom stereocenters. The monoisotopic (exact) mass is 734 g/mol. The molecule has 1 fully saturated rings. The second-order valence-electron chi connectivity index (χ2n) is 11.5. The standard InChI is InChI=1S/C34H46N4O10S2/c1-8-10-14-37-20-44-19-24(29(39)38(37)15-11-9-2)32-49-27-25(47-33(42)35-12-16-45-30(40)21(3)4)18-23(7)26(28(27)50-32)48-34(43)36-13-17-46-31(41)22(5)6/h18H,3,5,8-17,19-20H2,1-2,4,6-7H3,(H,35,42)(H,36,43)/b32-24+. The number of rotatable bonds is 16. The minimum absolute atomic E-state index is 0.00665. The average Bonchev–Trinajstić information content (AvgIpc) is 3.45. The van der Waals surface area contributed by atoms with Crippen molar-refractivity contribution in [2.24, 2.45) is 0 Å². The molecule has 2 aliphatic rings. The zero-order valence-electron chi connectivity index (χ0n) is 29.3. The summed E-state index contributed by atoms with van der Waals surface area (Å²) in [6.07, 6.45) is 1.99. The van der Waals surface area contributed by atoms with Gasteiger partial charge in [0.2, 0.25) is 0 Å². The summed E-state index contributed by atoms with van der Waals surface area (Å²) < 4.78 is 28.1. The number of nitrogens with zero attached hydrogens (tertiary/aromatic N) is 2. The van der Waals surface area contributed by atoms with Crippen LogP contribution in [-0.4, -0.2) is 92.8 Å². The summed E-state index contributed by atoms with van der Waals surface area (Å²) in [6.45, 7) is 17.3. The zero-order valence-corrected chi connectivity index (χ0v) is 30.9. The van der Waals surface area contributed by atoms with Crippen molar-refractivity contribution < 1.29 is 47.7 Å². The molecule has 1 aromatic carbocycles. The number of ether oxygens (including phenoxy) is 5. The van der Waals surface area contributed by atoms with Crippen LogP contribution in [0.3, 0.4) is 0 Å². The van der Waals surface area contributed by atoms with Gasteiger partial charge in [0.25, 0.3) is 5.91 Å². The Morgan fingerprint density at radius 1 is 0.880 bits per heavy atom. The molecule has 0 aliphatic carbocycles. The van der Waals surface area contributed by atoms with Crippen LogP contribution in [-0.2, 0) is 28.6 Å². The third-order valence-electron chi connectivity index (χ3n) is 7.10. The van der Waals surface area contributed by atoms with Gasteiger partial charge in [0, 0.05) is 24.2 Å². The van der Waals surface area contributed by atoms with Crippen LogP contribution in [0.2, 0.25) is 0 Å². The zero-order chi connectivity index (χ0) is 36.8. The Labute approximate surface area is 301 Å². The summed E-state index contributed by atoms with van der Waals surface area (Å²) in [4.78, 5) is 64.0. The van der Waals surface area contributed by atoms with Crippen molar-refractivity contribution in [1.82, 2.24) is 20.7 Å². The van der Waals surface area contributed by atoms with Gasteiger partial charge in [-0.3, -0.25) is 9.80 Å². The van der Waals surface area contributed by atoms with E-state index in [0.29, 0.717) is 38.3 Å². The molecule has 0 saturated carbocycles. The number of fused-ring (bicyclic) bond motifs is 1. The maximum atomic E-state index is 14.1. The van der Waals surface area contributed by atoms with Crippen molar-refractivity contribution in [1.29, 1.82) is 0 Å². The second kappa shape index (κ2) is 20.0. The van der Waals surface area contributed by atoms with Crippen molar-refractivity contribution >= 4 is 53.6 Å². The Morgan fingerprint density at radius 3 is 2.02 bits per heavy atom. The molecule has 0 spiro atoms. The number of benzene rings is 1. The summed E-state index contributed by atoms with van der Waals surface area (Å²) in [5.74, 6) is -0.946. The van der Waals surface area contributed by atoms with E-state index in [2.05, 4.69) is 37.6 Å². The number of carbonyl (C=O) groups is 5. The molecule has 1 saturated heterocycles. The van der Waals surface area contributed by atoms with Crippen LogP contribution in [0.5, 0.6) is 11.5 Å². The molecule has 14 nitrogen and oxygen atoms in total. The number of hydrogen-bond donors (Lipinski definition) is 2. The van der Waals surface area contributed by atoms with Gasteiger partial charge in [-0.25, -0.2) is 19.2 Å². The molecule has 274 valence electrons. The van der Waals surface area contributed by atoms with Crippen LogP contribution >= 0.6 is 23.5 Å². The van der Waals surface area contributed by atoms with E-state index in [0.717, 1.165) is 25.7 Å². The average molecular weight is 735 g/mol. The quantitative estimate of drug-likeness (QED) is 0.125. The molecule has 3 amide bonds. The normalized spacial score (nSPS) is 15.9. The van der Waals surface area contributed by atoms with Crippen molar-refractivity contribution in [2.45, 2.75) is 70.1 Å². The van der Waals surface area contributed by atoms with E-state index < -0.39 is 24.1 Å². The minimum atomic E-state index is -0.799. The highest BCUT2D eigenvalue weighted by Gasteiger charge is 2.36. The van der Waals surface area contributed by atoms with Crippen molar-refractivity contribution in [3.8, 4) is 11.5 Å². The molecule has 0 radical (unpaired) electrons. The van der Waals surface area contributed by atoms with Crippen LogP contribution in [0.15, 0.2) is 50.0 Å². The lowest BCUT2D eigenvalue weighted by Gasteiger charge is -2.32. The fourth-order valence-corrected chi connectivity index (χ4v) is 7.14. The van der Waals surface area contributed by atoms with E-state index in [9.17, 15) is 24.0 Å². The number of nitrogens with one attached hydrogen (secondary N) is 2. The Balaban J connectivity index is 1.89. The maximum Gasteiger partial charge on any atom is 0.412 e. The van der Waals surface area contributed by atoms with E-state index in [1.54, 1.807) is 18.0 Å². The number of esters is 2. The maximum absolute atomic E-state index is 14.1. The van der Waals surface area contributed by atoms with Crippen molar-refractivity contribution in [3.63, 3.8) is 0 Å². The first-order valence-electron chi connectivity index (χ1n) is 16.3. The number of aryl methyl sites for hydroxylation is 1. The van der Waals surface area contributed by atoms with Gasteiger partial charge in [-0.15, -0.1) is 0 Å². The number of hydrogen-bond acceptors (Lipinski definition) is 13. The summed E-state index contributed by atoms with van der Waals surface area (Å²) in [6, 6.07) is 1.56. The third kappa shape index (κ3) is 11.5. The summed E-state index contributed by atoms with van der Waals surface area (Å²) in [7, 11) is 0. The lowest BCUT2D eigenvalue weighted by atomic mass is 10.2. The number of unbranched alkanes of at least 4 members (excludes halogenated alkanes) is 2. The lowest BCUT2D eigenvalue weighted by Crippen LogP contribution is -2.47. The van der Waals surface area contributed by atoms with E-state index in [1.165, 1.54) is 37.4 Å². The molecule has 1 aromatic rings. The highest BCUT2D eigenvalue weighted by Crippen LogP contribution is 2.60. The van der Waals surface area contributed by atoms with Gasteiger partial charge in [0.1, 0.15) is 25.7 Å². The molecule has 3 rings (SSSR count). The predicted molar refractivity (Wildman–Crippen MR) is 189 cm³/mol. The number of carbonyl (C=O) groups excluding carboxylic acids is 5. The highest BCUT2D eigenvalue weighted by molar-refractivity contribution is 8.24. The molecule has 2 N–H and O–H groups in total. The molecule has 0 bridgehead atoms. The molecule has 2 heterocycles. The lowest BCUT2D eigenvalue weighted by molar-refractivity contribution is -0.149. The first-order valence-corrected chi connectivity index (χ1v) is 18.0. The van der Waals surface area contributed by atoms with Gasteiger partial charge < -0.3 is 34.3 Å². The Kier molecular flexibility index (Phi) is 16.2. The van der Waals surface area contributed by atoms with Crippen LogP contribution in [0.1, 0.15) is 58.9 Å². The van der Waals surface area contributed by atoms with Gasteiger partial charge in [0.15, 0.2) is 5.75 Å². The Bertz CT molecular complexity index is 1510. The molecule has 0 aromatic heterocycles. The van der Waals surface area contributed by atoms with Crippen LogP contribution < -0.4 is 20.1 Å². The summed E-state index contributed by atoms with van der Waals surface area (Å²) in [5.41, 5.74) is 1.39. The molecule has 2 aliphatic heterocycles. The smallest absolute Gasteiger partial charge is 0.412 e. The summed E-state index contributed by atoms with van der Waals surface area (Å²) >= 11 is 2.44. The molecule has 16 heteroatoms. The van der Waals surface area contributed by atoms with E-state index in [-0.39, 0.29) is 68.2 Å². The fraction of sp³-hybridized carbons (Fsp3) is 0.500. The van der Waals surface area contributed by atoms with Crippen LogP contribution in [0.4, 0.5) is 9.59 Å². The van der Waals surface area contributed by atoms with E-state index >= 15 is 0 Å². The first kappa shape index (κ1) is 40.4. The van der Waals surface area contributed by atoms with E-state index in [1.807, 2.05) is 5.01 Å². The topological polar surface area (TPSA) is 162 Å². The van der Waals surface area contributed by atoms with Gasteiger partial charge in [-0.1, -0.05) is 63.4 Å². The molecular formula is C34H46N4O10S2.